The molecule has 17 heavy (non-hydrogen) atoms. The quantitative estimate of drug-likeness (QED) is 0.835. The molecule has 0 bridgehead atoms. The van der Waals surface area contributed by atoms with Gasteiger partial charge in [0.1, 0.15) is 0 Å². The maximum absolute atomic E-state index is 12.0. The molecule has 0 aromatic heterocycles. The second kappa shape index (κ2) is 5.33. The third-order valence-electron chi connectivity index (χ3n) is 2.24. The third kappa shape index (κ3) is 3.40. The van der Waals surface area contributed by atoms with Crippen molar-refractivity contribution < 1.29 is 4.79 Å². The van der Waals surface area contributed by atoms with Gasteiger partial charge in [0.15, 0.2) is 0 Å². The summed E-state index contributed by atoms with van der Waals surface area (Å²) in [5.74, 6) is -0.311. The molecule has 1 amide bonds. The van der Waals surface area contributed by atoms with Crippen LogP contribution in [-0.2, 0) is 0 Å². The van der Waals surface area contributed by atoms with Gasteiger partial charge in [-0.1, -0.05) is 29.9 Å². The van der Waals surface area contributed by atoms with Crippen molar-refractivity contribution in [2.75, 3.05) is 0 Å². The minimum absolute atomic E-state index is 0.219. The van der Waals surface area contributed by atoms with Crippen molar-refractivity contribution in [3.8, 4) is 0 Å². The third-order valence-corrected chi connectivity index (χ3v) is 4.04. The summed E-state index contributed by atoms with van der Waals surface area (Å²) in [6, 6.07) is 5.13. The average molecular weight is 336 g/mol. The Morgan fingerprint density at radius 1 is 1.53 bits per heavy atom. The molecule has 0 atom stereocenters. The van der Waals surface area contributed by atoms with E-state index in [1.807, 2.05) is 0 Å². The topological polar surface area (TPSA) is 55.1 Å². The van der Waals surface area contributed by atoms with Crippen LogP contribution in [0.25, 0.3) is 0 Å². The SMILES string of the molecule is CC(C)(NC(=O)c1cccc(Br)c1Cl)C(N)=S. The van der Waals surface area contributed by atoms with Gasteiger partial charge >= 0.3 is 0 Å². The zero-order valence-corrected chi connectivity index (χ0v) is 12.5. The Labute approximate surface area is 119 Å². The number of carbonyl (C=O) groups excluding carboxylic acids is 1. The Hall–Kier alpha value is -0.650. The minimum Gasteiger partial charge on any atom is -0.391 e. The van der Waals surface area contributed by atoms with Crippen molar-refractivity contribution >= 4 is 50.6 Å². The van der Waals surface area contributed by atoms with Gasteiger partial charge in [0.25, 0.3) is 5.91 Å². The highest BCUT2D eigenvalue weighted by Crippen LogP contribution is 2.26. The second-order valence-electron chi connectivity index (χ2n) is 4.04. The number of hydrogen-bond acceptors (Lipinski definition) is 2. The summed E-state index contributed by atoms with van der Waals surface area (Å²) in [6.07, 6.45) is 0. The van der Waals surface area contributed by atoms with Crippen molar-refractivity contribution in [1.82, 2.24) is 5.32 Å². The molecule has 92 valence electrons. The molecule has 0 heterocycles. The van der Waals surface area contributed by atoms with E-state index in [4.69, 9.17) is 29.6 Å². The maximum Gasteiger partial charge on any atom is 0.253 e. The fourth-order valence-electron chi connectivity index (χ4n) is 1.09. The standard InChI is InChI=1S/C11H12BrClN2OS/c1-11(2,10(14)17)15-9(16)6-4-3-5-7(12)8(6)13/h3-5H,1-2H3,(H2,14,17)(H,15,16). The molecule has 0 saturated carbocycles. The summed E-state index contributed by atoms with van der Waals surface area (Å²) in [6.45, 7) is 3.47. The van der Waals surface area contributed by atoms with Gasteiger partial charge in [-0.25, -0.2) is 0 Å². The van der Waals surface area contributed by atoms with Crippen molar-refractivity contribution in [2.45, 2.75) is 19.4 Å². The second-order valence-corrected chi connectivity index (χ2v) is 5.72. The van der Waals surface area contributed by atoms with Gasteiger partial charge in [0.05, 0.1) is 21.1 Å². The summed E-state index contributed by atoms with van der Waals surface area (Å²) in [5, 5.41) is 3.09. The van der Waals surface area contributed by atoms with E-state index in [1.54, 1.807) is 32.0 Å². The molecular formula is C11H12BrClN2OS. The molecule has 0 aliphatic heterocycles. The number of nitrogens with one attached hydrogen (secondary N) is 1. The van der Waals surface area contributed by atoms with E-state index in [0.717, 1.165) is 0 Å². The van der Waals surface area contributed by atoms with Crippen LogP contribution in [0.3, 0.4) is 0 Å². The first-order valence-corrected chi connectivity index (χ1v) is 6.40. The lowest BCUT2D eigenvalue weighted by atomic mass is 10.0. The number of halogens is 2. The first-order valence-electron chi connectivity index (χ1n) is 4.82. The van der Waals surface area contributed by atoms with Crippen molar-refractivity contribution in [3.63, 3.8) is 0 Å². The highest BCUT2D eigenvalue weighted by molar-refractivity contribution is 9.10. The van der Waals surface area contributed by atoms with Crippen molar-refractivity contribution in [2.24, 2.45) is 5.73 Å². The maximum atomic E-state index is 12.0. The number of carbonyl (C=O) groups is 1. The molecule has 0 fully saturated rings. The molecular weight excluding hydrogens is 324 g/mol. The Morgan fingerprint density at radius 3 is 2.65 bits per heavy atom. The van der Waals surface area contributed by atoms with Crippen LogP contribution in [0.4, 0.5) is 0 Å². The van der Waals surface area contributed by atoms with Gasteiger partial charge < -0.3 is 11.1 Å². The molecule has 0 radical (unpaired) electrons. The molecule has 0 aliphatic rings. The molecule has 1 aromatic rings. The smallest absolute Gasteiger partial charge is 0.253 e. The van der Waals surface area contributed by atoms with Gasteiger partial charge in [-0.05, 0) is 41.9 Å². The van der Waals surface area contributed by atoms with Gasteiger partial charge in [-0.15, -0.1) is 0 Å². The van der Waals surface area contributed by atoms with Crippen LogP contribution < -0.4 is 11.1 Å². The molecule has 0 spiro atoms. The van der Waals surface area contributed by atoms with Crippen molar-refractivity contribution in [1.29, 1.82) is 0 Å². The first kappa shape index (κ1) is 14.4. The van der Waals surface area contributed by atoms with E-state index < -0.39 is 5.54 Å². The zero-order valence-electron chi connectivity index (χ0n) is 9.38. The number of benzene rings is 1. The zero-order chi connectivity index (χ0) is 13.2. The largest absolute Gasteiger partial charge is 0.391 e. The predicted molar refractivity (Wildman–Crippen MR) is 77.5 cm³/mol. The molecule has 1 aromatic carbocycles. The molecule has 0 saturated heterocycles. The molecule has 3 nitrogen and oxygen atoms in total. The highest BCUT2D eigenvalue weighted by atomic mass is 79.9. The fourth-order valence-corrected chi connectivity index (χ4v) is 1.72. The predicted octanol–water partition coefficient (Wildman–Crippen LogP) is 2.90. The number of rotatable bonds is 3. The lowest BCUT2D eigenvalue weighted by Gasteiger charge is -2.25. The van der Waals surface area contributed by atoms with Crippen molar-refractivity contribution in [3.05, 3.63) is 33.3 Å². The lowest BCUT2D eigenvalue weighted by molar-refractivity contribution is 0.0932. The van der Waals surface area contributed by atoms with Crippen LogP contribution in [0.15, 0.2) is 22.7 Å². The van der Waals surface area contributed by atoms with E-state index in [0.29, 0.717) is 15.1 Å². The summed E-state index contributed by atoms with van der Waals surface area (Å²) in [7, 11) is 0. The van der Waals surface area contributed by atoms with E-state index in [2.05, 4.69) is 21.2 Å². The number of nitrogens with two attached hydrogens (primary N) is 1. The summed E-state index contributed by atoms with van der Waals surface area (Å²) in [5.41, 5.74) is 5.17. The molecule has 6 heteroatoms. The number of thiocarbonyl (C=S) groups is 1. The summed E-state index contributed by atoms with van der Waals surface area (Å²) >= 11 is 14.2. The monoisotopic (exact) mass is 334 g/mol. The normalized spacial score (nSPS) is 11.1. The van der Waals surface area contributed by atoms with Crippen LogP contribution in [0.2, 0.25) is 5.02 Å². The summed E-state index contributed by atoms with van der Waals surface area (Å²) in [4.78, 5) is 12.2. The van der Waals surface area contributed by atoms with Gasteiger partial charge in [0, 0.05) is 4.47 Å². The van der Waals surface area contributed by atoms with Crippen LogP contribution in [0.1, 0.15) is 24.2 Å². The molecule has 0 unspecified atom stereocenters. The van der Waals surface area contributed by atoms with Gasteiger partial charge in [-0.3, -0.25) is 4.79 Å². The van der Waals surface area contributed by atoms with Gasteiger partial charge in [-0.2, -0.15) is 0 Å². The highest BCUT2D eigenvalue weighted by Gasteiger charge is 2.25. The Bertz CT molecular complexity index is 477. The van der Waals surface area contributed by atoms with E-state index in [-0.39, 0.29) is 10.9 Å². The molecule has 0 aliphatic carbocycles. The molecule has 3 N–H and O–H groups in total. The van der Waals surface area contributed by atoms with E-state index in [9.17, 15) is 4.79 Å². The van der Waals surface area contributed by atoms with Crippen LogP contribution >= 0.6 is 39.7 Å². The fraction of sp³-hybridized carbons (Fsp3) is 0.273. The number of amides is 1. The van der Waals surface area contributed by atoms with E-state index in [1.165, 1.54) is 0 Å². The van der Waals surface area contributed by atoms with E-state index >= 15 is 0 Å². The van der Waals surface area contributed by atoms with Gasteiger partial charge in [0.2, 0.25) is 0 Å². The molecule has 1 rings (SSSR count). The lowest BCUT2D eigenvalue weighted by Crippen LogP contribution is -2.52. The average Bonchev–Trinajstić information content (AvgIpc) is 2.21. The number of hydrogen-bond donors (Lipinski definition) is 2. The minimum atomic E-state index is -0.752. The first-order chi connectivity index (χ1) is 7.75. The Morgan fingerprint density at radius 2 is 2.12 bits per heavy atom. The Kier molecular flexibility index (Phi) is 4.52. The summed E-state index contributed by atoms with van der Waals surface area (Å²) < 4.78 is 0.667. The van der Waals surface area contributed by atoms with Crippen LogP contribution in [0.5, 0.6) is 0 Å². The van der Waals surface area contributed by atoms with Crippen LogP contribution in [-0.4, -0.2) is 16.4 Å². The van der Waals surface area contributed by atoms with Crippen LogP contribution in [0, 0.1) is 0 Å². The Balaban J connectivity index is 2.99.